The van der Waals surface area contributed by atoms with Crippen LogP contribution in [0.5, 0.6) is 0 Å². The zero-order chi connectivity index (χ0) is 20.4. The molecular formula is C23H27FN2O2. The van der Waals surface area contributed by atoms with Crippen LogP contribution in [0, 0.1) is 17.7 Å². The number of amides is 2. The number of anilines is 2. The lowest BCUT2D eigenvalue weighted by molar-refractivity contribution is -0.122. The van der Waals surface area contributed by atoms with E-state index in [1.54, 1.807) is 12.1 Å². The van der Waals surface area contributed by atoms with Gasteiger partial charge in [-0.15, -0.1) is 0 Å². The van der Waals surface area contributed by atoms with E-state index in [0.717, 1.165) is 16.8 Å². The first-order valence-electron chi connectivity index (χ1n) is 9.78. The van der Waals surface area contributed by atoms with E-state index >= 15 is 0 Å². The molecule has 0 spiro atoms. The summed E-state index contributed by atoms with van der Waals surface area (Å²) in [4.78, 5) is 25.2. The molecule has 1 aliphatic rings. The van der Waals surface area contributed by atoms with Crippen molar-refractivity contribution < 1.29 is 14.0 Å². The van der Waals surface area contributed by atoms with Crippen LogP contribution in [0.15, 0.2) is 42.5 Å². The van der Waals surface area contributed by atoms with Gasteiger partial charge in [0.2, 0.25) is 11.8 Å². The first kappa shape index (κ1) is 20.1. The van der Waals surface area contributed by atoms with E-state index in [2.05, 4.69) is 38.3 Å². The van der Waals surface area contributed by atoms with Gasteiger partial charge in [0.1, 0.15) is 5.82 Å². The van der Waals surface area contributed by atoms with Gasteiger partial charge in [-0.25, -0.2) is 4.39 Å². The van der Waals surface area contributed by atoms with Gasteiger partial charge >= 0.3 is 0 Å². The highest BCUT2D eigenvalue weighted by molar-refractivity contribution is 6.03. The molecule has 0 radical (unpaired) electrons. The predicted molar refractivity (Wildman–Crippen MR) is 110 cm³/mol. The maximum atomic E-state index is 13.7. The van der Waals surface area contributed by atoms with Crippen LogP contribution in [0.2, 0.25) is 0 Å². The van der Waals surface area contributed by atoms with E-state index in [-0.39, 0.29) is 35.3 Å². The van der Waals surface area contributed by atoms with Gasteiger partial charge in [0.25, 0.3) is 0 Å². The number of hydrogen-bond acceptors (Lipinski definition) is 2. The molecule has 2 aromatic rings. The number of benzene rings is 2. The van der Waals surface area contributed by atoms with Crippen molar-refractivity contribution in [3.05, 3.63) is 59.4 Å². The first-order chi connectivity index (χ1) is 13.3. The minimum Gasteiger partial charge on any atom is -0.325 e. The highest BCUT2D eigenvalue weighted by Gasteiger charge is 2.48. The first-order valence-corrected chi connectivity index (χ1v) is 9.78. The summed E-state index contributed by atoms with van der Waals surface area (Å²) in [5, 5.41) is 5.66. The average Bonchev–Trinajstić information content (AvgIpc) is 3.44. The number of rotatable bonds is 6. The van der Waals surface area contributed by atoms with Crippen LogP contribution in [-0.2, 0) is 9.59 Å². The van der Waals surface area contributed by atoms with Crippen molar-refractivity contribution in [3.63, 3.8) is 0 Å². The molecule has 2 unspecified atom stereocenters. The summed E-state index contributed by atoms with van der Waals surface area (Å²) in [6, 6.07) is 12.1. The monoisotopic (exact) mass is 382 g/mol. The second-order valence-corrected chi connectivity index (χ2v) is 8.03. The Kier molecular flexibility index (Phi) is 5.82. The second-order valence-electron chi connectivity index (χ2n) is 8.03. The molecule has 1 fully saturated rings. The molecule has 0 aliphatic heterocycles. The Morgan fingerprint density at radius 1 is 0.857 bits per heavy atom. The molecule has 5 heteroatoms. The molecule has 0 bridgehead atoms. The molecule has 1 aliphatic carbocycles. The smallest absolute Gasteiger partial charge is 0.228 e. The molecule has 2 amide bonds. The van der Waals surface area contributed by atoms with Crippen LogP contribution < -0.4 is 10.6 Å². The Hall–Kier alpha value is -2.69. The number of carbonyl (C=O) groups excluding carboxylic acids is 2. The van der Waals surface area contributed by atoms with Crippen LogP contribution in [0.1, 0.15) is 57.1 Å². The van der Waals surface area contributed by atoms with Gasteiger partial charge in [-0.1, -0.05) is 58.0 Å². The van der Waals surface area contributed by atoms with Crippen molar-refractivity contribution in [2.45, 2.75) is 46.0 Å². The fourth-order valence-corrected chi connectivity index (χ4v) is 3.47. The van der Waals surface area contributed by atoms with Crippen molar-refractivity contribution in [3.8, 4) is 0 Å². The number of para-hydroxylation sites is 2. The summed E-state index contributed by atoms with van der Waals surface area (Å²) in [7, 11) is 0. The summed E-state index contributed by atoms with van der Waals surface area (Å²) in [5.41, 5.74) is 3.18. The molecule has 2 aromatic carbocycles. The second kappa shape index (κ2) is 8.13. The third-order valence-corrected chi connectivity index (χ3v) is 5.22. The molecule has 28 heavy (non-hydrogen) atoms. The van der Waals surface area contributed by atoms with E-state index < -0.39 is 11.7 Å². The lowest BCUT2D eigenvalue weighted by Gasteiger charge is -2.20. The quantitative estimate of drug-likeness (QED) is 0.713. The number of nitrogens with one attached hydrogen (secondary N) is 2. The van der Waals surface area contributed by atoms with E-state index in [1.807, 2.05) is 18.2 Å². The molecule has 2 N–H and O–H groups in total. The predicted octanol–water partition coefficient (Wildman–Crippen LogP) is 5.29. The minimum absolute atomic E-state index is 0.144. The van der Waals surface area contributed by atoms with Gasteiger partial charge in [0.15, 0.2) is 0 Å². The SMILES string of the molecule is CC(C)c1cccc(C(C)C)c1NC(=O)C1CC1C(=O)Nc1ccccc1F. The van der Waals surface area contributed by atoms with Crippen molar-refractivity contribution in [1.29, 1.82) is 0 Å². The van der Waals surface area contributed by atoms with E-state index in [9.17, 15) is 14.0 Å². The van der Waals surface area contributed by atoms with Gasteiger partial charge < -0.3 is 10.6 Å². The Balaban J connectivity index is 1.70. The third kappa shape index (κ3) is 4.24. The van der Waals surface area contributed by atoms with Gasteiger partial charge in [-0.2, -0.15) is 0 Å². The normalized spacial score (nSPS) is 18.2. The van der Waals surface area contributed by atoms with Gasteiger partial charge in [-0.3, -0.25) is 9.59 Å². The molecule has 148 valence electrons. The summed E-state index contributed by atoms with van der Waals surface area (Å²) in [6.07, 6.45) is 0.479. The standard InChI is InChI=1S/C23H27FN2O2/c1-13(2)15-8-7-9-16(14(3)4)21(15)26-23(28)18-12-17(18)22(27)25-20-11-6-5-10-19(20)24/h5-11,13-14,17-18H,12H2,1-4H3,(H,25,27)(H,26,28). The van der Waals surface area contributed by atoms with Gasteiger partial charge in [0, 0.05) is 5.69 Å². The number of hydrogen-bond donors (Lipinski definition) is 2. The summed E-state index contributed by atoms with van der Waals surface area (Å²) in [6.45, 7) is 8.38. The summed E-state index contributed by atoms with van der Waals surface area (Å²) < 4.78 is 13.7. The number of carbonyl (C=O) groups is 2. The minimum atomic E-state index is -0.482. The Labute approximate surface area is 165 Å². The molecule has 0 heterocycles. The van der Waals surface area contributed by atoms with E-state index in [1.165, 1.54) is 12.1 Å². The average molecular weight is 382 g/mol. The molecular weight excluding hydrogens is 355 g/mol. The van der Waals surface area contributed by atoms with Crippen molar-refractivity contribution >= 4 is 23.2 Å². The number of halogens is 1. The lowest BCUT2D eigenvalue weighted by Crippen LogP contribution is -2.22. The fourth-order valence-electron chi connectivity index (χ4n) is 3.47. The van der Waals surface area contributed by atoms with Crippen LogP contribution in [0.4, 0.5) is 15.8 Å². The van der Waals surface area contributed by atoms with Crippen LogP contribution in [0.3, 0.4) is 0 Å². The fraction of sp³-hybridized carbons (Fsp3) is 0.391. The van der Waals surface area contributed by atoms with Crippen LogP contribution in [-0.4, -0.2) is 11.8 Å². The highest BCUT2D eigenvalue weighted by atomic mass is 19.1. The summed E-state index contributed by atoms with van der Waals surface area (Å²) in [5.74, 6) is -1.21. The van der Waals surface area contributed by atoms with Gasteiger partial charge in [0.05, 0.1) is 17.5 Å². The molecule has 3 rings (SSSR count). The maximum absolute atomic E-state index is 13.7. The summed E-state index contributed by atoms with van der Waals surface area (Å²) >= 11 is 0. The molecule has 2 atom stereocenters. The largest absolute Gasteiger partial charge is 0.325 e. The Morgan fingerprint density at radius 2 is 1.39 bits per heavy atom. The third-order valence-electron chi connectivity index (χ3n) is 5.22. The lowest BCUT2D eigenvalue weighted by atomic mass is 9.92. The van der Waals surface area contributed by atoms with Gasteiger partial charge in [-0.05, 0) is 41.5 Å². The van der Waals surface area contributed by atoms with E-state index in [4.69, 9.17) is 0 Å². The molecule has 4 nitrogen and oxygen atoms in total. The van der Waals surface area contributed by atoms with Crippen LogP contribution in [0.25, 0.3) is 0 Å². The zero-order valence-corrected chi connectivity index (χ0v) is 16.8. The molecule has 0 aromatic heterocycles. The zero-order valence-electron chi connectivity index (χ0n) is 16.8. The Bertz CT molecular complexity index is 866. The van der Waals surface area contributed by atoms with Crippen molar-refractivity contribution in [1.82, 2.24) is 0 Å². The van der Waals surface area contributed by atoms with Crippen molar-refractivity contribution in [2.24, 2.45) is 11.8 Å². The highest BCUT2D eigenvalue weighted by Crippen LogP contribution is 2.41. The van der Waals surface area contributed by atoms with Crippen molar-refractivity contribution in [2.75, 3.05) is 10.6 Å². The molecule has 0 saturated heterocycles. The van der Waals surface area contributed by atoms with E-state index in [0.29, 0.717) is 6.42 Å². The topological polar surface area (TPSA) is 58.2 Å². The maximum Gasteiger partial charge on any atom is 0.228 e. The molecule has 1 saturated carbocycles. The van der Waals surface area contributed by atoms with Crippen LogP contribution >= 0.6 is 0 Å². The Morgan fingerprint density at radius 3 is 1.93 bits per heavy atom.